The molecule has 2 aromatic carbocycles. The summed E-state index contributed by atoms with van der Waals surface area (Å²) in [6.45, 7) is 7.82. The molecule has 3 heterocycles. The fraction of sp³-hybridized carbons (Fsp3) is 0.353. The lowest BCUT2D eigenvalue weighted by Crippen LogP contribution is -2.27. The highest BCUT2D eigenvalue weighted by atomic mass is 16.5. The highest BCUT2D eigenvalue weighted by Crippen LogP contribution is 2.43. The van der Waals surface area contributed by atoms with Crippen LogP contribution in [0.5, 0.6) is 0 Å². The lowest BCUT2D eigenvalue weighted by Gasteiger charge is -2.34. The Balaban J connectivity index is 1.69. The maximum atomic E-state index is 13.2. The van der Waals surface area contributed by atoms with Crippen molar-refractivity contribution in [3.05, 3.63) is 99.5 Å². The Bertz CT molecular complexity index is 1590. The first-order valence-corrected chi connectivity index (χ1v) is 14.5. The van der Waals surface area contributed by atoms with Crippen LogP contribution < -0.4 is 5.73 Å². The smallest absolute Gasteiger partial charge is 0.254 e. The Morgan fingerprint density at radius 2 is 1.95 bits per heavy atom. The van der Waals surface area contributed by atoms with Crippen molar-refractivity contribution in [1.82, 2.24) is 14.5 Å². The lowest BCUT2D eigenvalue weighted by molar-refractivity contribution is 0.0547. The van der Waals surface area contributed by atoms with Gasteiger partial charge in [-0.1, -0.05) is 42.5 Å². The summed E-state index contributed by atoms with van der Waals surface area (Å²) in [7, 11) is 3.76. The zero-order valence-corrected chi connectivity index (χ0v) is 24.3. The summed E-state index contributed by atoms with van der Waals surface area (Å²) in [6.07, 6.45) is 10.4. The van der Waals surface area contributed by atoms with Crippen molar-refractivity contribution < 1.29 is 9.53 Å². The van der Waals surface area contributed by atoms with E-state index in [1.807, 2.05) is 25.9 Å². The number of nitrogens with zero attached hydrogens (tertiary/aromatic N) is 4. The van der Waals surface area contributed by atoms with Crippen LogP contribution in [0.2, 0.25) is 0 Å². The van der Waals surface area contributed by atoms with E-state index < -0.39 is 0 Å². The molecule has 1 saturated heterocycles. The zero-order valence-electron chi connectivity index (χ0n) is 24.3. The number of hydrogen-bond donors (Lipinski definition) is 1. The lowest BCUT2D eigenvalue weighted by atomic mass is 9.86. The van der Waals surface area contributed by atoms with Gasteiger partial charge in [0.25, 0.3) is 5.91 Å². The van der Waals surface area contributed by atoms with Crippen LogP contribution in [-0.2, 0) is 17.7 Å². The second-order valence-corrected chi connectivity index (χ2v) is 11.5. The molecule has 0 unspecified atom stereocenters. The average molecular weight is 550 g/mol. The van der Waals surface area contributed by atoms with Gasteiger partial charge in [0, 0.05) is 68.5 Å². The van der Waals surface area contributed by atoms with Gasteiger partial charge in [-0.25, -0.2) is 0 Å². The molecule has 2 N–H and O–H groups in total. The maximum absolute atomic E-state index is 13.2. The molecular weight excluding hydrogens is 510 g/mol. The van der Waals surface area contributed by atoms with Crippen LogP contribution in [0.4, 0.5) is 0 Å². The van der Waals surface area contributed by atoms with Crippen LogP contribution in [0.25, 0.3) is 17.0 Å². The number of carbonyl (C=O) groups excluding carboxylic acids is 1. The molecular formula is C34H39N5O2. The summed E-state index contributed by atoms with van der Waals surface area (Å²) < 4.78 is 8.34. The van der Waals surface area contributed by atoms with Crippen molar-refractivity contribution in [3.63, 3.8) is 0 Å². The minimum Gasteiger partial charge on any atom is -0.401 e. The SMILES string of the molecule is C=NN(C)C(=C(/C)N)/C1=C/c2c(c3cc4c(cc3n2[C@H](c2ccccc2)C2CCOCC2)C(=O)N(C)C4)CC\C=C\1. The number of ether oxygens (including phenoxy) is 1. The van der Waals surface area contributed by atoms with Crippen molar-refractivity contribution >= 4 is 29.6 Å². The minimum atomic E-state index is 0.0844. The first-order chi connectivity index (χ1) is 19.9. The third-order valence-corrected chi connectivity index (χ3v) is 8.82. The van der Waals surface area contributed by atoms with Crippen molar-refractivity contribution in [2.45, 2.75) is 45.2 Å². The van der Waals surface area contributed by atoms with Gasteiger partial charge in [-0.2, -0.15) is 5.10 Å². The van der Waals surface area contributed by atoms with Gasteiger partial charge >= 0.3 is 0 Å². The summed E-state index contributed by atoms with van der Waals surface area (Å²) in [4.78, 5) is 15.0. The van der Waals surface area contributed by atoms with Crippen LogP contribution >= 0.6 is 0 Å². The molecule has 6 rings (SSSR count). The van der Waals surface area contributed by atoms with E-state index in [1.54, 1.807) is 5.01 Å². The number of likely N-dealkylation sites (N-methyl/N-ethyl adjacent to an activating group) is 1. The molecule has 3 aliphatic rings. The molecule has 3 aromatic rings. The Labute approximate surface area is 242 Å². The quantitative estimate of drug-likeness (QED) is 0.308. The number of nitrogens with two attached hydrogens (primary N) is 1. The number of aromatic nitrogens is 1. The average Bonchev–Trinajstić information content (AvgIpc) is 3.40. The number of hydrogen-bond acceptors (Lipinski definition) is 5. The van der Waals surface area contributed by atoms with E-state index in [2.05, 4.69) is 77.1 Å². The molecule has 0 spiro atoms. The predicted octanol–water partition coefficient (Wildman–Crippen LogP) is 5.87. The van der Waals surface area contributed by atoms with Crippen molar-refractivity contribution in [3.8, 4) is 0 Å². The van der Waals surface area contributed by atoms with Crippen molar-refractivity contribution in [1.29, 1.82) is 0 Å². The van der Waals surface area contributed by atoms with Gasteiger partial charge in [0.1, 0.15) is 0 Å². The third-order valence-electron chi connectivity index (χ3n) is 8.82. The number of hydrazone groups is 1. The molecule has 0 saturated carbocycles. The van der Waals surface area contributed by atoms with Gasteiger partial charge in [-0.3, -0.25) is 9.80 Å². The monoisotopic (exact) mass is 549 g/mol. The van der Waals surface area contributed by atoms with Gasteiger partial charge in [0.05, 0.1) is 17.3 Å². The number of carbonyl (C=O) groups is 1. The zero-order chi connectivity index (χ0) is 28.7. The van der Waals surface area contributed by atoms with Gasteiger partial charge in [0.15, 0.2) is 0 Å². The first-order valence-electron chi connectivity index (χ1n) is 14.5. The Morgan fingerprint density at radius 3 is 2.66 bits per heavy atom. The van der Waals surface area contributed by atoms with Gasteiger partial charge < -0.3 is 19.9 Å². The van der Waals surface area contributed by atoms with Crippen molar-refractivity contribution in [2.24, 2.45) is 16.8 Å². The van der Waals surface area contributed by atoms with Crippen LogP contribution in [0.15, 0.2) is 76.7 Å². The fourth-order valence-electron chi connectivity index (χ4n) is 6.90. The Kier molecular flexibility index (Phi) is 7.30. The third kappa shape index (κ3) is 4.78. The number of rotatable bonds is 6. The molecule has 7 nitrogen and oxygen atoms in total. The summed E-state index contributed by atoms with van der Waals surface area (Å²) in [5.74, 6) is 0.476. The molecule has 7 heteroatoms. The summed E-state index contributed by atoms with van der Waals surface area (Å²) in [5, 5.41) is 7.16. The summed E-state index contributed by atoms with van der Waals surface area (Å²) >= 11 is 0. The topological polar surface area (TPSA) is 76.1 Å². The van der Waals surface area contributed by atoms with E-state index in [0.29, 0.717) is 18.2 Å². The normalized spacial score (nSPS) is 20.8. The fourth-order valence-corrected chi connectivity index (χ4v) is 6.90. The second-order valence-electron chi connectivity index (χ2n) is 11.5. The molecule has 1 aromatic heterocycles. The Morgan fingerprint density at radius 1 is 1.20 bits per heavy atom. The molecule has 1 atom stereocenters. The molecule has 1 amide bonds. The molecule has 0 radical (unpaired) electrons. The highest BCUT2D eigenvalue weighted by molar-refractivity contribution is 6.03. The number of benzene rings is 2. The Hall–Kier alpha value is -4.10. The number of aryl methyl sites for hydroxylation is 1. The predicted molar refractivity (Wildman–Crippen MR) is 165 cm³/mol. The van der Waals surface area contributed by atoms with E-state index in [9.17, 15) is 4.79 Å². The standard InChI is InChI=1S/C34H39N5O2/c1-22(35)32(38(4)36-2)25-12-8-9-13-27-29-18-26-21-37(3)34(40)28(26)20-31(29)39(30(27)19-25)33(23-10-6-5-7-11-23)24-14-16-41-17-15-24/h5-8,10-12,18-20,24,33H,2,9,13-17,21,35H2,1,3-4H3/b12-8+,25-19+,32-22-/t33-/m1/s1. The number of allylic oxidation sites excluding steroid dienone is 3. The van der Waals surface area contributed by atoms with E-state index in [1.165, 1.54) is 22.2 Å². The highest BCUT2D eigenvalue weighted by Gasteiger charge is 2.33. The number of amides is 1. The summed E-state index contributed by atoms with van der Waals surface area (Å²) in [5.41, 5.74) is 15.7. The molecule has 1 fully saturated rings. The van der Waals surface area contributed by atoms with E-state index in [0.717, 1.165) is 66.8 Å². The number of fused-ring (bicyclic) bond motifs is 4. The largest absolute Gasteiger partial charge is 0.401 e. The molecule has 41 heavy (non-hydrogen) atoms. The van der Waals surface area contributed by atoms with E-state index in [4.69, 9.17) is 10.5 Å². The molecule has 212 valence electrons. The molecule has 1 aliphatic carbocycles. The molecule has 0 bridgehead atoms. The van der Waals surface area contributed by atoms with Gasteiger partial charge in [-0.15, -0.1) is 0 Å². The van der Waals surface area contributed by atoms with E-state index in [-0.39, 0.29) is 11.9 Å². The van der Waals surface area contributed by atoms with E-state index >= 15 is 0 Å². The van der Waals surface area contributed by atoms with Crippen LogP contribution in [0.3, 0.4) is 0 Å². The first kappa shape index (κ1) is 27.1. The van der Waals surface area contributed by atoms with Crippen LogP contribution in [0, 0.1) is 5.92 Å². The van der Waals surface area contributed by atoms with Gasteiger partial charge in [0.2, 0.25) is 0 Å². The van der Waals surface area contributed by atoms with Crippen molar-refractivity contribution in [2.75, 3.05) is 27.3 Å². The second kappa shape index (κ2) is 11.1. The minimum absolute atomic E-state index is 0.0844. The van der Waals surface area contributed by atoms with Gasteiger partial charge in [-0.05, 0) is 73.4 Å². The van der Waals surface area contributed by atoms with Crippen LogP contribution in [-0.4, -0.2) is 54.4 Å². The summed E-state index contributed by atoms with van der Waals surface area (Å²) in [6, 6.07) is 15.3. The maximum Gasteiger partial charge on any atom is 0.254 e. The molecule has 2 aliphatic heterocycles. The van der Waals surface area contributed by atoms with Crippen LogP contribution in [0.1, 0.15) is 65.0 Å².